The average molecular weight is 590 g/mol. The smallest absolute Gasteiger partial charge is 0.294 e. The minimum Gasteiger partial charge on any atom is -0.494 e. The summed E-state index contributed by atoms with van der Waals surface area (Å²) in [5.41, 5.74) is 3.81. The Hall–Kier alpha value is -4.19. The number of rotatable bonds is 11. The van der Waals surface area contributed by atoms with Crippen LogP contribution in [0, 0.1) is 10.1 Å². The molecule has 0 atom stereocenters. The van der Waals surface area contributed by atoms with E-state index >= 15 is 0 Å². The van der Waals surface area contributed by atoms with E-state index in [1.54, 1.807) is 13.2 Å². The molecule has 5 rings (SSSR count). The number of nitrogens with zero attached hydrogens (tertiary/aromatic N) is 8. The molecule has 0 unspecified atom stereocenters. The maximum absolute atomic E-state index is 12.1. The molecule has 2 aliphatic rings. The highest BCUT2D eigenvalue weighted by atomic mass is 16.6. The van der Waals surface area contributed by atoms with E-state index in [9.17, 15) is 10.1 Å². The number of pyridine rings is 1. The molecule has 1 N–H and O–H groups in total. The largest absolute Gasteiger partial charge is 0.494 e. The predicted molar refractivity (Wildman–Crippen MR) is 172 cm³/mol. The van der Waals surface area contributed by atoms with E-state index < -0.39 is 0 Å². The van der Waals surface area contributed by atoms with Crippen LogP contribution in [0.2, 0.25) is 0 Å². The zero-order valence-electron chi connectivity index (χ0n) is 26.5. The van der Waals surface area contributed by atoms with Crippen molar-refractivity contribution in [1.82, 2.24) is 19.9 Å². The van der Waals surface area contributed by atoms with E-state index in [1.807, 2.05) is 37.1 Å². The SMILES string of the molecule is COc1cc(N(C)CCN(C)C)c([N+](=O)[O-])cc1Nc1ncc(C(C)C)c(N2CC(C)(C)c3nc(N4CCC4)ccc32)n1. The van der Waals surface area contributed by atoms with Gasteiger partial charge in [0.1, 0.15) is 23.1 Å². The third-order valence-electron chi connectivity index (χ3n) is 8.23. The van der Waals surface area contributed by atoms with Gasteiger partial charge in [-0.1, -0.05) is 27.7 Å². The number of methoxy groups -OCH3 is 1. The summed E-state index contributed by atoms with van der Waals surface area (Å²) in [4.78, 5) is 34.9. The lowest BCUT2D eigenvalue weighted by molar-refractivity contribution is -0.384. The number of aromatic nitrogens is 3. The summed E-state index contributed by atoms with van der Waals surface area (Å²) in [5.74, 6) is 2.80. The van der Waals surface area contributed by atoms with Gasteiger partial charge >= 0.3 is 0 Å². The van der Waals surface area contributed by atoms with Crippen molar-refractivity contribution < 1.29 is 9.66 Å². The van der Waals surface area contributed by atoms with Gasteiger partial charge in [-0.15, -0.1) is 0 Å². The number of fused-ring (bicyclic) bond motifs is 1. The van der Waals surface area contributed by atoms with Crippen molar-refractivity contribution in [2.75, 3.05) is 81.0 Å². The van der Waals surface area contributed by atoms with Gasteiger partial charge in [-0.3, -0.25) is 10.1 Å². The number of anilines is 6. The van der Waals surface area contributed by atoms with Crippen molar-refractivity contribution in [3.63, 3.8) is 0 Å². The number of hydrogen-bond acceptors (Lipinski definition) is 11. The molecular weight excluding hydrogens is 546 g/mol. The Bertz CT molecular complexity index is 1500. The highest BCUT2D eigenvalue weighted by Gasteiger charge is 2.40. The molecule has 43 heavy (non-hydrogen) atoms. The molecule has 0 spiro atoms. The van der Waals surface area contributed by atoms with Crippen LogP contribution in [0.3, 0.4) is 0 Å². The highest BCUT2D eigenvalue weighted by Crippen LogP contribution is 2.46. The number of nitro groups is 1. The summed E-state index contributed by atoms with van der Waals surface area (Å²) < 4.78 is 5.68. The first kappa shape index (κ1) is 30.3. The molecule has 230 valence electrons. The fourth-order valence-electron chi connectivity index (χ4n) is 5.56. The molecule has 1 saturated heterocycles. The fourth-order valence-corrected chi connectivity index (χ4v) is 5.56. The zero-order valence-corrected chi connectivity index (χ0v) is 26.5. The normalized spacial score (nSPS) is 15.5. The summed E-state index contributed by atoms with van der Waals surface area (Å²) in [6, 6.07) is 7.44. The van der Waals surface area contributed by atoms with Gasteiger partial charge in [-0.25, -0.2) is 9.97 Å². The lowest BCUT2D eigenvalue weighted by atomic mass is 9.91. The van der Waals surface area contributed by atoms with Gasteiger partial charge in [0.05, 0.1) is 29.1 Å². The first-order valence-electron chi connectivity index (χ1n) is 14.8. The molecule has 0 aliphatic carbocycles. The molecule has 0 bridgehead atoms. The van der Waals surface area contributed by atoms with Crippen LogP contribution >= 0.6 is 0 Å². The number of nitro benzene ring substituents is 1. The Balaban J connectivity index is 1.52. The monoisotopic (exact) mass is 589 g/mol. The van der Waals surface area contributed by atoms with Crippen molar-refractivity contribution in [2.24, 2.45) is 0 Å². The van der Waals surface area contributed by atoms with E-state index in [1.165, 1.54) is 12.5 Å². The summed E-state index contributed by atoms with van der Waals surface area (Å²) in [6.45, 7) is 12.9. The number of likely N-dealkylation sites (N-methyl/N-ethyl adjacent to an activating group) is 2. The molecular formula is C31H43N9O3. The Kier molecular flexibility index (Phi) is 8.33. The van der Waals surface area contributed by atoms with E-state index in [4.69, 9.17) is 14.7 Å². The van der Waals surface area contributed by atoms with E-state index in [0.29, 0.717) is 29.6 Å². The topological polar surface area (TPSA) is 116 Å². The van der Waals surface area contributed by atoms with Crippen LogP contribution in [0.15, 0.2) is 30.5 Å². The van der Waals surface area contributed by atoms with Gasteiger partial charge in [0, 0.05) is 69.1 Å². The molecule has 12 nitrogen and oxygen atoms in total. The van der Waals surface area contributed by atoms with Crippen molar-refractivity contribution in [3.8, 4) is 5.75 Å². The van der Waals surface area contributed by atoms with Gasteiger partial charge in [-0.05, 0) is 38.6 Å². The van der Waals surface area contributed by atoms with Crippen molar-refractivity contribution >= 4 is 40.3 Å². The first-order valence-corrected chi connectivity index (χ1v) is 14.8. The van der Waals surface area contributed by atoms with Gasteiger partial charge in [-0.2, -0.15) is 4.98 Å². The number of benzene rings is 1. The van der Waals surface area contributed by atoms with Crippen LogP contribution in [0.25, 0.3) is 0 Å². The number of ether oxygens (including phenoxy) is 1. The van der Waals surface area contributed by atoms with Crippen LogP contribution in [-0.4, -0.2) is 85.8 Å². The second-order valence-electron chi connectivity index (χ2n) is 12.6. The van der Waals surface area contributed by atoms with Gasteiger partial charge in [0.2, 0.25) is 5.95 Å². The zero-order chi connectivity index (χ0) is 31.1. The lowest BCUT2D eigenvalue weighted by Gasteiger charge is -2.32. The second kappa shape index (κ2) is 11.8. The van der Waals surface area contributed by atoms with Gasteiger partial charge < -0.3 is 29.7 Å². The third kappa shape index (κ3) is 6.01. The molecule has 2 aromatic heterocycles. The fraction of sp³-hybridized carbons (Fsp3) is 0.516. The molecule has 4 heterocycles. The van der Waals surface area contributed by atoms with E-state index in [-0.39, 0.29) is 21.9 Å². The minimum absolute atomic E-state index is 0.0251. The standard InChI is InChI=1S/C31H43N9O3/c1-20(2)21-18-32-30(33-22-16-25(40(41)42)24(17-26(22)43-8)37(7)15-14-36(5)6)35-29(21)39-19-31(3,4)28-23(39)10-11-27(34-28)38-12-9-13-38/h10-11,16-18,20H,9,12-15,19H2,1-8H3,(H,32,33,35). The number of nitrogens with one attached hydrogen (secondary N) is 1. The molecule has 1 fully saturated rings. The average Bonchev–Trinajstić information content (AvgIpc) is 3.20. The summed E-state index contributed by atoms with van der Waals surface area (Å²) >= 11 is 0. The van der Waals surface area contributed by atoms with Crippen LogP contribution in [-0.2, 0) is 5.41 Å². The van der Waals surface area contributed by atoms with Crippen molar-refractivity contribution in [1.29, 1.82) is 0 Å². The second-order valence-corrected chi connectivity index (χ2v) is 12.6. The maximum atomic E-state index is 12.1. The molecule has 0 amide bonds. The minimum atomic E-state index is -0.370. The molecule has 2 aliphatic heterocycles. The third-order valence-corrected chi connectivity index (χ3v) is 8.23. The van der Waals surface area contributed by atoms with Crippen molar-refractivity contribution in [3.05, 3.63) is 51.8 Å². The maximum Gasteiger partial charge on any atom is 0.294 e. The molecule has 0 saturated carbocycles. The van der Waals surface area contributed by atoms with Crippen molar-refractivity contribution in [2.45, 2.75) is 45.4 Å². The summed E-state index contributed by atoms with van der Waals surface area (Å²) in [7, 11) is 7.33. The summed E-state index contributed by atoms with van der Waals surface area (Å²) in [6.07, 6.45) is 3.04. The van der Waals surface area contributed by atoms with Crippen LogP contribution in [0.4, 0.5) is 40.3 Å². The predicted octanol–water partition coefficient (Wildman–Crippen LogP) is 5.29. The van der Waals surface area contributed by atoms with E-state index in [2.05, 4.69) is 59.9 Å². The Morgan fingerprint density at radius 2 is 1.88 bits per heavy atom. The molecule has 1 aromatic carbocycles. The first-order chi connectivity index (χ1) is 20.4. The van der Waals surface area contributed by atoms with Crippen LogP contribution in [0.1, 0.15) is 51.3 Å². The number of hydrogen-bond donors (Lipinski definition) is 1. The Morgan fingerprint density at radius 3 is 2.49 bits per heavy atom. The highest BCUT2D eigenvalue weighted by molar-refractivity contribution is 5.78. The quantitative estimate of drug-likeness (QED) is 0.232. The Morgan fingerprint density at radius 1 is 1.14 bits per heavy atom. The molecule has 3 aromatic rings. The van der Waals surface area contributed by atoms with Crippen LogP contribution in [0.5, 0.6) is 5.75 Å². The summed E-state index contributed by atoms with van der Waals surface area (Å²) in [5, 5.41) is 15.4. The van der Waals surface area contributed by atoms with Gasteiger partial charge in [0.25, 0.3) is 5.69 Å². The Labute approximate surface area is 253 Å². The molecule has 0 radical (unpaired) electrons. The van der Waals surface area contributed by atoms with Crippen LogP contribution < -0.4 is 24.8 Å². The van der Waals surface area contributed by atoms with Gasteiger partial charge in [0.15, 0.2) is 0 Å². The van der Waals surface area contributed by atoms with E-state index in [0.717, 1.165) is 54.8 Å². The lowest BCUT2D eigenvalue weighted by Crippen LogP contribution is -2.37. The molecule has 12 heteroatoms.